The Labute approximate surface area is 90.7 Å². The summed E-state index contributed by atoms with van der Waals surface area (Å²) in [5.74, 6) is 0. The summed E-state index contributed by atoms with van der Waals surface area (Å²) in [4.78, 5) is 11.5. The van der Waals surface area contributed by atoms with Crippen molar-refractivity contribution in [2.24, 2.45) is 5.73 Å². The first kappa shape index (κ1) is 12.3. The van der Waals surface area contributed by atoms with Crippen LogP contribution in [0.15, 0.2) is 0 Å². The molecule has 0 atom stereocenters. The summed E-state index contributed by atoms with van der Waals surface area (Å²) in [7, 11) is 0. The minimum atomic E-state index is -0.586. The van der Waals surface area contributed by atoms with E-state index in [-0.39, 0.29) is 12.1 Å². The summed E-state index contributed by atoms with van der Waals surface area (Å²) in [5, 5.41) is 6.09. The fourth-order valence-electron chi connectivity index (χ4n) is 1.45. The number of rotatable bonds is 3. The van der Waals surface area contributed by atoms with Gasteiger partial charge in [-0.2, -0.15) is 0 Å². The molecule has 0 aromatic heterocycles. The monoisotopic (exact) mass is 215 g/mol. The molecule has 0 aromatic carbocycles. The van der Waals surface area contributed by atoms with Crippen molar-refractivity contribution >= 4 is 6.09 Å². The van der Waals surface area contributed by atoms with Gasteiger partial charge in [-0.3, -0.25) is 0 Å². The average Bonchev–Trinajstić information content (AvgIpc) is 2.18. The predicted octanol–water partition coefficient (Wildman–Crippen LogP) is 0.202. The first-order valence-electron chi connectivity index (χ1n) is 5.44. The molecule has 1 heterocycles. The van der Waals surface area contributed by atoms with E-state index in [1.807, 2.05) is 0 Å². The molecule has 0 unspecified atom stereocenters. The third-order valence-corrected chi connectivity index (χ3v) is 2.52. The molecule has 1 amide bonds. The van der Waals surface area contributed by atoms with Crippen LogP contribution in [0.2, 0.25) is 0 Å². The SMILES string of the molecule is CC(C)(CN)OC(=O)NC1CCNCC1. The van der Waals surface area contributed by atoms with Crippen LogP contribution in [-0.2, 0) is 4.74 Å². The van der Waals surface area contributed by atoms with Gasteiger partial charge in [-0.05, 0) is 39.8 Å². The van der Waals surface area contributed by atoms with E-state index in [4.69, 9.17) is 10.5 Å². The van der Waals surface area contributed by atoms with Crippen LogP contribution in [0, 0.1) is 0 Å². The van der Waals surface area contributed by atoms with E-state index in [0.717, 1.165) is 25.9 Å². The lowest BCUT2D eigenvalue weighted by atomic mass is 10.1. The largest absolute Gasteiger partial charge is 0.442 e. The van der Waals surface area contributed by atoms with Crippen molar-refractivity contribution in [1.82, 2.24) is 10.6 Å². The number of amides is 1. The maximum Gasteiger partial charge on any atom is 0.407 e. The fourth-order valence-corrected chi connectivity index (χ4v) is 1.45. The van der Waals surface area contributed by atoms with E-state index in [1.54, 1.807) is 13.8 Å². The molecule has 1 saturated heterocycles. The summed E-state index contributed by atoms with van der Waals surface area (Å²) in [5.41, 5.74) is 4.89. The summed E-state index contributed by atoms with van der Waals surface area (Å²) in [6, 6.07) is 0.229. The Morgan fingerprint density at radius 3 is 2.67 bits per heavy atom. The number of carbonyl (C=O) groups excluding carboxylic acids is 1. The molecule has 1 aliphatic rings. The number of hydrogen-bond acceptors (Lipinski definition) is 4. The summed E-state index contributed by atoms with van der Waals surface area (Å²) >= 11 is 0. The molecule has 0 radical (unpaired) electrons. The number of alkyl carbamates (subject to hydrolysis) is 1. The van der Waals surface area contributed by atoms with E-state index < -0.39 is 5.60 Å². The predicted molar refractivity (Wildman–Crippen MR) is 58.6 cm³/mol. The van der Waals surface area contributed by atoms with Gasteiger partial charge in [0.25, 0.3) is 0 Å². The normalized spacial score (nSPS) is 18.6. The second kappa shape index (κ2) is 5.32. The Kier molecular flexibility index (Phi) is 4.35. The molecule has 15 heavy (non-hydrogen) atoms. The van der Waals surface area contributed by atoms with Gasteiger partial charge >= 0.3 is 6.09 Å². The highest BCUT2D eigenvalue weighted by atomic mass is 16.6. The van der Waals surface area contributed by atoms with Gasteiger partial charge in [0.2, 0.25) is 0 Å². The number of nitrogens with two attached hydrogens (primary N) is 1. The number of carbonyl (C=O) groups is 1. The van der Waals surface area contributed by atoms with Crippen molar-refractivity contribution in [3.63, 3.8) is 0 Å². The highest BCUT2D eigenvalue weighted by Gasteiger charge is 2.23. The standard InChI is InChI=1S/C10H21N3O2/c1-10(2,7-11)15-9(14)13-8-3-5-12-6-4-8/h8,12H,3-7,11H2,1-2H3,(H,13,14). The zero-order valence-corrected chi connectivity index (χ0v) is 9.51. The van der Waals surface area contributed by atoms with Gasteiger partial charge in [0.05, 0.1) is 0 Å². The van der Waals surface area contributed by atoms with Crippen LogP contribution >= 0.6 is 0 Å². The number of piperidine rings is 1. The van der Waals surface area contributed by atoms with E-state index in [0.29, 0.717) is 6.54 Å². The molecule has 0 aromatic rings. The highest BCUT2D eigenvalue weighted by molar-refractivity contribution is 5.68. The van der Waals surface area contributed by atoms with Gasteiger partial charge in [-0.1, -0.05) is 0 Å². The van der Waals surface area contributed by atoms with Crippen molar-refractivity contribution in [2.75, 3.05) is 19.6 Å². The van der Waals surface area contributed by atoms with E-state index in [9.17, 15) is 4.79 Å². The summed E-state index contributed by atoms with van der Waals surface area (Å²) in [6.07, 6.45) is 1.55. The van der Waals surface area contributed by atoms with Crippen molar-refractivity contribution in [1.29, 1.82) is 0 Å². The van der Waals surface area contributed by atoms with Crippen molar-refractivity contribution < 1.29 is 9.53 Å². The van der Waals surface area contributed by atoms with Gasteiger partial charge < -0.3 is 21.1 Å². The molecule has 0 saturated carbocycles. The van der Waals surface area contributed by atoms with Gasteiger partial charge in [0, 0.05) is 12.6 Å². The zero-order valence-electron chi connectivity index (χ0n) is 9.51. The van der Waals surface area contributed by atoms with Crippen LogP contribution in [0.1, 0.15) is 26.7 Å². The molecule has 5 nitrogen and oxygen atoms in total. The first-order valence-corrected chi connectivity index (χ1v) is 5.44. The molecule has 5 heteroatoms. The lowest BCUT2D eigenvalue weighted by molar-refractivity contribution is 0.0424. The van der Waals surface area contributed by atoms with E-state index in [1.165, 1.54) is 0 Å². The Bertz CT molecular complexity index is 213. The summed E-state index contributed by atoms with van der Waals surface area (Å²) < 4.78 is 5.19. The molecular weight excluding hydrogens is 194 g/mol. The molecule has 4 N–H and O–H groups in total. The minimum Gasteiger partial charge on any atom is -0.442 e. The van der Waals surface area contributed by atoms with Crippen molar-refractivity contribution in [2.45, 2.75) is 38.3 Å². The fraction of sp³-hybridized carbons (Fsp3) is 0.900. The number of ether oxygens (including phenoxy) is 1. The lowest BCUT2D eigenvalue weighted by Gasteiger charge is -2.27. The molecule has 1 aliphatic heterocycles. The maximum atomic E-state index is 11.5. The molecule has 0 aliphatic carbocycles. The topological polar surface area (TPSA) is 76.4 Å². The third kappa shape index (κ3) is 4.48. The minimum absolute atomic E-state index is 0.229. The van der Waals surface area contributed by atoms with E-state index >= 15 is 0 Å². The molecule has 1 fully saturated rings. The smallest absolute Gasteiger partial charge is 0.407 e. The molecular formula is C10H21N3O2. The quantitative estimate of drug-likeness (QED) is 0.628. The Balaban J connectivity index is 2.28. The maximum absolute atomic E-state index is 11.5. The number of hydrogen-bond donors (Lipinski definition) is 3. The molecule has 0 bridgehead atoms. The first-order chi connectivity index (χ1) is 7.03. The van der Waals surface area contributed by atoms with Crippen LogP contribution in [0.4, 0.5) is 4.79 Å². The third-order valence-electron chi connectivity index (χ3n) is 2.52. The Hall–Kier alpha value is -0.810. The average molecular weight is 215 g/mol. The Morgan fingerprint density at radius 2 is 2.13 bits per heavy atom. The number of nitrogens with one attached hydrogen (secondary N) is 2. The zero-order chi connectivity index (χ0) is 11.3. The van der Waals surface area contributed by atoms with Crippen LogP contribution in [0.5, 0.6) is 0 Å². The highest BCUT2D eigenvalue weighted by Crippen LogP contribution is 2.08. The van der Waals surface area contributed by atoms with Gasteiger partial charge in [-0.15, -0.1) is 0 Å². The second-order valence-electron chi connectivity index (χ2n) is 4.52. The lowest BCUT2D eigenvalue weighted by Crippen LogP contribution is -2.46. The molecule has 1 rings (SSSR count). The second-order valence-corrected chi connectivity index (χ2v) is 4.52. The van der Waals surface area contributed by atoms with Crippen LogP contribution in [-0.4, -0.2) is 37.4 Å². The Morgan fingerprint density at radius 1 is 1.53 bits per heavy atom. The van der Waals surface area contributed by atoms with Crippen molar-refractivity contribution in [3.05, 3.63) is 0 Å². The van der Waals surface area contributed by atoms with E-state index in [2.05, 4.69) is 10.6 Å². The van der Waals surface area contributed by atoms with Gasteiger partial charge in [0.15, 0.2) is 0 Å². The van der Waals surface area contributed by atoms with Crippen molar-refractivity contribution in [3.8, 4) is 0 Å². The van der Waals surface area contributed by atoms with Crippen LogP contribution in [0.3, 0.4) is 0 Å². The molecule has 0 spiro atoms. The van der Waals surface area contributed by atoms with Crippen LogP contribution < -0.4 is 16.4 Å². The molecule has 88 valence electrons. The van der Waals surface area contributed by atoms with Gasteiger partial charge in [-0.25, -0.2) is 4.79 Å². The van der Waals surface area contributed by atoms with Gasteiger partial charge in [0.1, 0.15) is 5.60 Å². The summed E-state index contributed by atoms with van der Waals surface area (Å²) in [6.45, 7) is 5.83. The van der Waals surface area contributed by atoms with Crippen LogP contribution in [0.25, 0.3) is 0 Å².